The average molecular weight is 226 g/mol. The highest BCUT2D eigenvalue weighted by Crippen LogP contribution is 2.35. The number of rotatable bonds is 2. The van der Waals surface area contributed by atoms with Crippen molar-refractivity contribution in [3.05, 3.63) is 42.2 Å². The first-order valence-corrected chi connectivity index (χ1v) is 5.94. The highest BCUT2D eigenvalue weighted by atomic mass is 16.3. The molecule has 3 nitrogen and oxygen atoms in total. The minimum atomic E-state index is 0.245. The van der Waals surface area contributed by atoms with Crippen LogP contribution in [0.25, 0.3) is 11.4 Å². The summed E-state index contributed by atoms with van der Waals surface area (Å²) < 4.78 is 0. The average Bonchev–Trinajstić information content (AvgIpc) is 2.28. The van der Waals surface area contributed by atoms with Crippen molar-refractivity contribution >= 4 is 0 Å². The summed E-state index contributed by atoms with van der Waals surface area (Å²) in [4.78, 5) is 8.74. The number of phenolic OH excluding ortho intramolecular Hbond substituents is 1. The van der Waals surface area contributed by atoms with Crippen molar-refractivity contribution < 1.29 is 5.11 Å². The van der Waals surface area contributed by atoms with Gasteiger partial charge in [-0.15, -0.1) is 0 Å². The van der Waals surface area contributed by atoms with Gasteiger partial charge in [0.2, 0.25) is 0 Å². The van der Waals surface area contributed by atoms with Gasteiger partial charge in [0.05, 0.1) is 0 Å². The summed E-state index contributed by atoms with van der Waals surface area (Å²) in [6.07, 6.45) is 7.66. The van der Waals surface area contributed by atoms with Crippen molar-refractivity contribution in [1.82, 2.24) is 9.97 Å². The van der Waals surface area contributed by atoms with Crippen molar-refractivity contribution in [3.8, 4) is 17.1 Å². The summed E-state index contributed by atoms with van der Waals surface area (Å²) >= 11 is 0. The predicted octanol–water partition coefficient (Wildman–Crippen LogP) is 3.12. The Labute approximate surface area is 100 Å². The van der Waals surface area contributed by atoms with E-state index < -0.39 is 0 Å². The number of hydrogen-bond acceptors (Lipinski definition) is 3. The lowest BCUT2D eigenvalue weighted by molar-refractivity contribution is 0.418. The van der Waals surface area contributed by atoms with Crippen LogP contribution >= 0.6 is 0 Å². The molecular weight excluding hydrogens is 212 g/mol. The Balaban J connectivity index is 1.88. The van der Waals surface area contributed by atoms with Gasteiger partial charge in [0, 0.05) is 18.0 Å². The first-order valence-electron chi connectivity index (χ1n) is 5.94. The van der Waals surface area contributed by atoms with Gasteiger partial charge in [0.1, 0.15) is 5.75 Å². The van der Waals surface area contributed by atoms with Crippen LogP contribution in [0.4, 0.5) is 0 Å². The Hall–Kier alpha value is -1.90. The van der Waals surface area contributed by atoms with Gasteiger partial charge in [-0.2, -0.15) is 0 Å². The molecule has 1 fully saturated rings. The molecule has 1 N–H and O–H groups in total. The molecule has 0 unspecified atom stereocenters. The van der Waals surface area contributed by atoms with E-state index in [2.05, 4.69) is 9.97 Å². The van der Waals surface area contributed by atoms with Gasteiger partial charge in [0.25, 0.3) is 0 Å². The maximum atomic E-state index is 9.41. The molecule has 0 saturated heterocycles. The molecule has 0 spiro atoms. The largest absolute Gasteiger partial charge is 0.508 e. The second kappa shape index (κ2) is 4.17. The van der Waals surface area contributed by atoms with Crippen LogP contribution < -0.4 is 0 Å². The third-order valence-electron chi connectivity index (χ3n) is 3.35. The maximum absolute atomic E-state index is 9.41. The Morgan fingerprint density at radius 1 is 1.12 bits per heavy atom. The molecule has 0 atom stereocenters. The van der Waals surface area contributed by atoms with E-state index >= 15 is 0 Å². The minimum Gasteiger partial charge on any atom is -0.508 e. The highest BCUT2D eigenvalue weighted by molar-refractivity contribution is 5.56. The van der Waals surface area contributed by atoms with Crippen LogP contribution in [0.2, 0.25) is 0 Å². The summed E-state index contributed by atoms with van der Waals surface area (Å²) in [7, 11) is 0. The molecule has 17 heavy (non-hydrogen) atoms. The van der Waals surface area contributed by atoms with Crippen molar-refractivity contribution in [2.24, 2.45) is 0 Å². The van der Waals surface area contributed by atoms with E-state index in [0.717, 1.165) is 5.56 Å². The van der Waals surface area contributed by atoms with Crippen molar-refractivity contribution in [3.63, 3.8) is 0 Å². The molecule has 0 aliphatic heterocycles. The van der Waals surface area contributed by atoms with E-state index in [0.29, 0.717) is 11.7 Å². The Morgan fingerprint density at radius 2 is 1.88 bits per heavy atom. The van der Waals surface area contributed by atoms with Crippen molar-refractivity contribution in [1.29, 1.82) is 0 Å². The monoisotopic (exact) mass is 226 g/mol. The number of phenols is 1. The van der Waals surface area contributed by atoms with Gasteiger partial charge in [-0.25, -0.2) is 9.97 Å². The number of benzene rings is 1. The fourth-order valence-electron chi connectivity index (χ4n) is 2.08. The topological polar surface area (TPSA) is 46.0 Å². The van der Waals surface area contributed by atoms with Crippen LogP contribution in [-0.4, -0.2) is 15.1 Å². The van der Waals surface area contributed by atoms with Crippen LogP contribution in [0.1, 0.15) is 30.7 Å². The summed E-state index contributed by atoms with van der Waals surface area (Å²) in [5.41, 5.74) is 2.09. The van der Waals surface area contributed by atoms with Gasteiger partial charge in [-0.1, -0.05) is 18.6 Å². The molecule has 1 aliphatic rings. The predicted molar refractivity (Wildman–Crippen MR) is 65.7 cm³/mol. The SMILES string of the molecule is Oc1cccc(-c2ncc(C3CCC3)cn2)c1. The van der Waals surface area contributed by atoms with E-state index in [1.165, 1.54) is 24.8 Å². The maximum Gasteiger partial charge on any atom is 0.159 e. The van der Waals surface area contributed by atoms with Gasteiger partial charge < -0.3 is 5.11 Å². The van der Waals surface area contributed by atoms with Crippen LogP contribution in [0.15, 0.2) is 36.7 Å². The molecule has 0 bridgehead atoms. The third kappa shape index (κ3) is 2.00. The second-order valence-corrected chi connectivity index (χ2v) is 4.52. The lowest BCUT2D eigenvalue weighted by atomic mass is 9.81. The molecule has 1 heterocycles. The molecule has 1 saturated carbocycles. The van der Waals surface area contributed by atoms with E-state index in [-0.39, 0.29) is 5.75 Å². The molecule has 2 aromatic rings. The zero-order valence-electron chi connectivity index (χ0n) is 9.50. The molecule has 86 valence electrons. The number of hydrogen-bond donors (Lipinski definition) is 1. The number of nitrogens with zero attached hydrogens (tertiary/aromatic N) is 2. The Bertz CT molecular complexity index is 518. The number of aromatic nitrogens is 2. The van der Waals surface area contributed by atoms with Gasteiger partial charge in [-0.3, -0.25) is 0 Å². The van der Waals surface area contributed by atoms with Crippen LogP contribution in [0.3, 0.4) is 0 Å². The normalized spacial score (nSPS) is 15.5. The smallest absolute Gasteiger partial charge is 0.159 e. The van der Waals surface area contributed by atoms with Crippen LogP contribution in [-0.2, 0) is 0 Å². The van der Waals surface area contributed by atoms with Crippen molar-refractivity contribution in [2.45, 2.75) is 25.2 Å². The molecule has 0 amide bonds. The quantitative estimate of drug-likeness (QED) is 0.855. The van der Waals surface area contributed by atoms with Crippen LogP contribution in [0.5, 0.6) is 5.75 Å². The van der Waals surface area contributed by atoms with Gasteiger partial charge >= 0.3 is 0 Å². The van der Waals surface area contributed by atoms with E-state index in [9.17, 15) is 5.11 Å². The minimum absolute atomic E-state index is 0.245. The fraction of sp³-hybridized carbons (Fsp3) is 0.286. The standard InChI is InChI=1S/C14H14N2O/c17-13-6-2-5-11(7-13)14-15-8-12(9-16-14)10-3-1-4-10/h2,5-10,17H,1,3-4H2. The van der Waals surface area contributed by atoms with E-state index in [4.69, 9.17) is 0 Å². The zero-order chi connectivity index (χ0) is 11.7. The fourth-order valence-corrected chi connectivity index (χ4v) is 2.08. The summed E-state index contributed by atoms with van der Waals surface area (Å²) in [6.45, 7) is 0. The third-order valence-corrected chi connectivity index (χ3v) is 3.35. The summed E-state index contributed by atoms with van der Waals surface area (Å²) in [5.74, 6) is 1.58. The zero-order valence-corrected chi connectivity index (χ0v) is 9.50. The molecular formula is C14H14N2O. The highest BCUT2D eigenvalue weighted by Gasteiger charge is 2.20. The molecule has 0 radical (unpaired) electrons. The Kier molecular flexibility index (Phi) is 2.52. The van der Waals surface area contributed by atoms with E-state index in [1.54, 1.807) is 18.2 Å². The molecule has 1 aromatic carbocycles. The van der Waals surface area contributed by atoms with Crippen molar-refractivity contribution in [2.75, 3.05) is 0 Å². The van der Waals surface area contributed by atoms with E-state index in [1.807, 2.05) is 18.5 Å². The van der Waals surface area contributed by atoms with Gasteiger partial charge in [0.15, 0.2) is 5.82 Å². The Morgan fingerprint density at radius 3 is 2.47 bits per heavy atom. The molecule has 1 aliphatic carbocycles. The van der Waals surface area contributed by atoms with Gasteiger partial charge in [-0.05, 0) is 36.5 Å². The first kappa shape index (κ1) is 10.3. The van der Waals surface area contributed by atoms with Crippen LogP contribution in [0, 0.1) is 0 Å². The lowest BCUT2D eigenvalue weighted by Gasteiger charge is -2.24. The molecule has 3 heteroatoms. The second-order valence-electron chi connectivity index (χ2n) is 4.52. The summed E-state index contributed by atoms with van der Waals surface area (Å²) in [6, 6.07) is 7.02. The molecule has 1 aromatic heterocycles. The molecule has 3 rings (SSSR count). The summed E-state index contributed by atoms with van der Waals surface area (Å²) in [5, 5.41) is 9.41. The number of aromatic hydroxyl groups is 1. The lowest BCUT2D eigenvalue weighted by Crippen LogP contribution is -2.09. The first-order chi connectivity index (χ1) is 8.33.